The van der Waals surface area contributed by atoms with Gasteiger partial charge >= 0.3 is 0 Å². The Morgan fingerprint density at radius 2 is 1.81 bits per heavy atom. The van der Waals surface area contributed by atoms with E-state index < -0.39 is 5.75 Å². The molecule has 21 heavy (non-hydrogen) atoms. The number of carbonyl (C=O) groups excluding carboxylic acids is 1. The highest BCUT2D eigenvalue weighted by Gasteiger charge is 2.20. The zero-order chi connectivity index (χ0) is 15.4. The Morgan fingerprint density at radius 3 is 2.38 bits per heavy atom. The predicted molar refractivity (Wildman–Crippen MR) is 81.5 cm³/mol. The first-order valence-corrected chi connectivity index (χ1v) is 6.70. The fourth-order valence-electron chi connectivity index (χ4n) is 2.10. The van der Waals surface area contributed by atoms with Crippen molar-refractivity contribution in [1.29, 1.82) is 0 Å². The van der Waals surface area contributed by atoms with Crippen molar-refractivity contribution in [2.24, 2.45) is 5.73 Å². The molecule has 0 saturated heterocycles. The maximum absolute atomic E-state index is 12.5. The van der Waals surface area contributed by atoms with Crippen LogP contribution in [0.3, 0.4) is 0 Å². The molecule has 0 aliphatic heterocycles. The lowest BCUT2D eigenvalue weighted by Gasteiger charge is -2.22. The molecule has 0 bridgehead atoms. The Hall–Kier alpha value is -2.53. The third kappa shape index (κ3) is 2.98. The van der Waals surface area contributed by atoms with E-state index in [1.807, 2.05) is 31.2 Å². The van der Waals surface area contributed by atoms with Gasteiger partial charge in [-0.3, -0.25) is 4.79 Å². The van der Waals surface area contributed by atoms with E-state index in [0.29, 0.717) is 18.8 Å². The van der Waals surface area contributed by atoms with Crippen LogP contribution in [-0.4, -0.2) is 22.7 Å². The standard InChI is InChI=1S/C16H18N2O3/c1-2-18(12-8-6-11(10-17)7-9-12)16(21)13-4-3-5-14(19)15(13)20/h3-9,19-20H,2,10,17H2,1H3. The van der Waals surface area contributed by atoms with Gasteiger partial charge in [-0.25, -0.2) is 0 Å². The molecule has 2 aromatic rings. The predicted octanol–water partition coefficient (Wildman–Crippen LogP) is 2.22. The molecule has 0 aliphatic rings. The fraction of sp³-hybridized carbons (Fsp3) is 0.188. The number of phenols is 2. The molecular weight excluding hydrogens is 268 g/mol. The van der Waals surface area contributed by atoms with Crippen LogP contribution in [0.15, 0.2) is 42.5 Å². The van der Waals surface area contributed by atoms with Crippen LogP contribution in [0.1, 0.15) is 22.8 Å². The lowest BCUT2D eigenvalue weighted by atomic mass is 10.1. The number of benzene rings is 2. The van der Waals surface area contributed by atoms with Crippen LogP contribution in [0, 0.1) is 0 Å². The molecule has 0 aromatic heterocycles. The molecule has 2 rings (SSSR count). The van der Waals surface area contributed by atoms with E-state index in [1.54, 1.807) is 0 Å². The lowest BCUT2D eigenvalue weighted by molar-refractivity contribution is 0.0985. The Labute approximate surface area is 123 Å². The molecule has 0 fully saturated rings. The number of nitrogens with zero attached hydrogens (tertiary/aromatic N) is 1. The van der Waals surface area contributed by atoms with Crippen molar-refractivity contribution in [2.75, 3.05) is 11.4 Å². The number of amides is 1. The maximum atomic E-state index is 12.5. The van der Waals surface area contributed by atoms with E-state index >= 15 is 0 Å². The van der Waals surface area contributed by atoms with E-state index in [2.05, 4.69) is 0 Å². The molecule has 5 nitrogen and oxygen atoms in total. The molecule has 110 valence electrons. The van der Waals surface area contributed by atoms with Crippen LogP contribution in [0.5, 0.6) is 11.5 Å². The Morgan fingerprint density at radius 1 is 1.14 bits per heavy atom. The maximum Gasteiger partial charge on any atom is 0.262 e. The first-order chi connectivity index (χ1) is 10.1. The smallest absolute Gasteiger partial charge is 0.262 e. The van der Waals surface area contributed by atoms with Gasteiger partial charge in [0, 0.05) is 18.8 Å². The van der Waals surface area contributed by atoms with Crippen molar-refractivity contribution < 1.29 is 15.0 Å². The number of para-hydroxylation sites is 1. The minimum Gasteiger partial charge on any atom is -0.504 e. The summed E-state index contributed by atoms with van der Waals surface area (Å²) in [5, 5.41) is 19.3. The van der Waals surface area contributed by atoms with Gasteiger partial charge in [-0.1, -0.05) is 18.2 Å². The molecular formula is C16H18N2O3. The molecule has 4 N–H and O–H groups in total. The van der Waals surface area contributed by atoms with E-state index in [9.17, 15) is 15.0 Å². The third-order valence-corrected chi connectivity index (χ3v) is 3.29. The van der Waals surface area contributed by atoms with Gasteiger partial charge in [0.05, 0.1) is 5.56 Å². The van der Waals surface area contributed by atoms with Crippen molar-refractivity contribution >= 4 is 11.6 Å². The number of carbonyl (C=O) groups is 1. The first kappa shape index (κ1) is 14.9. The summed E-state index contributed by atoms with van der Waals surface area (Å²) >= 11 is 0. The van der Waals surface area contributed by atoms with Gasteiger partial charge in [-0.15, -0.1) is 0 Å². The van der Waals surface area contributed by atoms with Crippen LogP contribution < -0.4 is 10.6 Å². The van der Waals surface area contributed by atoms with Crippen LogP contribution in [-0.2, 0) is 6.54 Å². The summed E-state index contributed by atoms with van der Waals surface area (Å²) < 4.78 is 0. The van der Waals surface area contributed by atoms with Crippen LogP contribution >= 0.6 is 0 Å². The number of nitrogens with two attached hydrogens (primary N) is 1. The van der Waals surface area contributed by atoms with Crippen molar-refractivity contribution in [3.63, 3.8) is 0 Å². The molecule has 2 aromatic carbocycles. The Kier molecular flexibility index (Phi) is 4.45. The number of anilines is 1. The van der Waals surface area contributed by atoms with E-state index in [1.165, 1.54) is 23.1 Å². The van der Waals surface area contributed by atoms with Gasteiger partial charge in [0.1, 0.15) is 0 Å². The monoisotopic (exact) mass is 286 g/mol. The van der Waals surface area contributed by atoms with Gasteiger partial charge in [-0.2, -0.15) is 0 Å². The summed E-state index contributed by atoms with van der Waals surface area (Å²) in [6, 6.07) is 11.7. The van der Waals surface area contributed by atoms with Crippen LogP contribution in [0.4, 0.5) is 5.69 Å². The molecule has 0 unspecified atom stereocenters. The molecule has 5 heteroatoms. The Bertz CT molecular complexity index is 638. The average Bonchev–Trinajstić information content (AvgIpc) is 2.51. The molecule has 0 heterocycles. The number of rotatable bonds is 4. The number of aromatic hydroxyl groups is 2. The second kappa shape index (κ2) is 6.28. The summed E-state index contributed by atoms with van der Waals surface area (Å²) in [4.78, 5) is 14.1. The van der Waals surface area contributed by atoms with Crippen molar-refractivity contribution in [1.82, 2.24) is 0 Å². The number of phenolic OH excluding ortho intramolecular Hbond substituents is 2. The van der Waals surface area contributed by atoms with Gasteiger partial charge < -0.3 is 20.8 Å². The second-order valence-corrected chi connectivity index (χ2v) is 4.59. The van der Waals surface area contributed by atoms with Crippen LogP contribution in [0.25, 0.3) is 0 Å². The van der Waals surface area contributed by atoms with Crippen LogP contribution in [0.2, 0.25) is 0 Å². The average molecular weight is 286 g/mol. The summed E-state index contributed by atoms with van der Waals surface area (Å²) in [7, 11) is 0. The summed E-state index contributed by atoms with van der Waals surface area (Å²) in [6.07, 6.45) is 0. The highest BCUT2D eigenvalue weighted by Crippen LogP contribution is 2.30. The quantitative estimate of drug-likeness (QED) is 0.752. The zero-order valence-corrected chi connectivity index (χ0v) is 11.8. The van der Waals surface area contributed by atoms with Gasteiger partial charge in [0.25, 0.3) is 5.91 Å². The SMILES string of the molecule is CCN(C(=O)c1cccc(O)c1O)c1ccc(CN)cc1. The second-order valence-electron chi connectivity index (χ2n) is 4.59. The van der Waals surface area contributed by atoms with Gasteiger partial charge in [0.15, 0.2) is 11.5 Å². The molecule has 1 amide bonds. The third-order valence-electron chi connectivity index (χ3n) is 3.29. The van der Waals surface area contributed by atoms with Crippen molar-refractivity contribution in [3.05, 3.63) is 53.6 Å². The Balaban J connectivity index is 2.35. The zero-order valence-electron chi connectivity index (χ0n) is 11.8. The number of hydrogen-bond donors (Lipinski definition) is 3. The lowest BCUT2D eigenvalue weighted by Crippen LogP contribution is -2.30. The summed E-state index contributed by atoms with van der Waals surface area (Å²) in [6.45, 7) is 2.72. The first-order valence-electron chi connectivity index (χ1n) is 6.70. The molecule has 0 radical (unpaired) electrons. The largest absolute Gasteiger partial charge is 0.504 e. The topological polar surface area (TPSA) is 86.8 Å². The van der Waals surface area contributed by atoms with E-state index in [0.717, 1.165) is 5.56 Å². The van der Waals surface area contributed by atoms with Gasteiger partial charge in [0.2, 0.25) is 0 Å². The number of hydrogen-bond acceptors (Lipinski definition) is 4. The molecule has 0 saturated carbocycles. The minimum absolute atomic E-state index is 0.0692. The minimum atomic E-state index is -0.403. The summed E-state index contributed by atoms with van der Waals surface area (Å²) in [5.41, 5.74) is 7.31. The highest BCUT2D eigenvalue weighted by molar-refractivity contribution is 6.08. The van der Waals surface area contributed by atoms with Crippen molar-refractivity contribution in [3.8, 4) is 11.5 Å². The van der Waals surface area contributed by atoms with E-state index in [-0.39, 0.29) is 17.2 Å². The molecule has 0 aliphatic carbocycles. The summed E-state index contributed by atoms with van der Waals surface area (Å²) in [5.74, 6) is -1.08. The molecule has 0 spiro atoms. The van der Waals surface area contributed by atoms with E-state index in [4.69, 9.17) is 5.73 Å². The highest BCUT2D eigenvalue weighted by atomic mass is 16.3. The van der Waals surface area contributed by atoms with Crippen molar-refractivity contribution in [2.45, 2.75) is 13.5 Å². The fourth-order valence-corrected chi connectivity index (χ4v) is 2.10. The normalized spacial score (nSPS) is 10.4. The molecule has 0 atom stereocenters. The van der Waals surface area contributed by atoms with Gasteiger partial charge in [-0.05, 0) is 36.8 Å².